The van der Waals surface area contributed by atoms with Crippen molar-refractivity contribution < 1.29 is 27.5 Å². The first-order valence-corrected chi connectivity index (χ1v) is 6.48. The molecule has 0 unspecified atom stereocenters. The molecule has 0 aliphatic carbocycles. The summed E-state index contributed by atoms with van der Waals surface area (Å²) in [5.74, 6) is -3.64. The number of hydrogen-bond donors (Lipinski definition) is 1. The molecule has 20 heavy (non-hydrogen) atoms. The molecule has 0 aliphatic heterocycles. The van der Waals surface area contributed by atoms with E-state index in [2.05, 4.69) is 9.36 Å². The van der Waals surface area contributed by atoms with E-state index in [-0.39, 0.29) is 9.24 Å². The van der Waals surface area contributed by atoms with Crippen LogP contribution in [0.25, 0.3) is 0 Å². The standard InChI is InChI=1S/C10H4F4N2O2S2/c11-6-2-1-4(3-5(6)7(17)18)19-9-15-8(16-20-9)10(12,13)14/h1-3H,(H,17,18). The van der Waals surface area contributed by atoms with E-state index in [1.165, 1.54) is 6.07 Å². The Morgan fingerprint density at radius 3 is 2.60 bits per heavy atom. The minimum Gasteiger partial charge on any atom is -0.478 e. The van der Waals surface area contributed by atoms with Gasteiger partial charge in [-0.05, 0) is 29.7 Å². The van der Waals surface area contributed by atoms with Crippen molar-refractivity contribution in [1.82, 2.24) is 9.36 Å². The number of nitrogens with zero attached hydrogens (tertiary/aromatic N) is 2. The number of carboxylic acids is 1. The molecule has 2 aromatic rings. The number of carboxylic acid groups (broad SMARTS) is 1. The second kappa shape index (κ2) is 5.37. The lowest BCUT2D eigenvalue weighted by Gasteiger charge is -2.01. The van der Waals surface area contributed by atoms with Gasteiger partial charge in [-0.3, -0.25) is 0 Å². The van der Waals surface area contributed by atoms with Crippen molar-refractivity contribution in [3.8, 4) is 0 Å². The Bertz CT molecular complexity index is 657. The number of rotatable bonds is 3. The molecule has 0 saturated carbocycles. The first-order chi connectivity index (χ1) is 9.27. The highest BCUT2D eigenvalue weighted by Crippen LogP contribution is 2.34. The lowest BCUT2D eigenvalue weighted by Crippen LogP contribution is -2.06. The molecule has 106 valence electrons. The van der Waals surface area contributed by atoms with E-state index in [4.69, 9.17) is 5.11 Å². The lowest BCUT2D eigenvalue weighted by atomic mass is 10.2. The number of halogens is 4. The number of hydrogen-bond acceptors (Lipinski definition) is 5. The highest BCUT2D eigenvalue weighted by Gasteiger charge is 2.36. The quantitative estimate of drug-likeness (QED) is 0.875. The third kappa shape index (κ3) is 3.25. The molecule has 0 spiro atoms. The summed E-state index contributed by atoms with van der Waals surface area (Å²) in [6, 6.07) is 3.20. The summed E-state index contributed by atoms with van der Waals surface area (Å²) < 4.78 is 53.2. The van der Waals surface area contributed by atoms with E-state index >= 15 is 0 Å². The normalized spacial score (nSPS) is 11.6. The Hall–Kier alpha value is -1.68. The van der Waals surface area contributed by atoms with Crippen molar-refractivity contribution in [3.63, 3.8) is 0 Å². The van der Waals surface area contributed by atoms with Crippen molar-refractivity contribution in [2.75, 3.05) is 0 Å². The zero-order valence-electron chi connectivity index (χ0n) is 9.31. The van der Waals surface area contributed by atoms with Crippen LogP contribution in [-0.4, -0.2) is 20.4 Å². The second-order valence-corrected chi connectivity index (χ2v) is 5.50. The molecule has 0 radical (unpaired) electrons. The van der Waals surface area contributed by atoms with Crippen LogP contribution in [0.3, 0.4) is 0 Å². The highest BCUT2D eigenvalue weighted by molar-refractivity contribution is 8.01. The summed E-state index contributed by atoms with van der Waals surface area (Å²) in [5, 5.41) is 8.74. The zero-order valence-corrected chi connectivity index (χ0v) is 10.9. The molecule has 1 heterocycles. The van der Waals surface area contributed by atoms with Crippen molar-refractivity contribution in [2.45, 2.75) is 15.4 Å². The number of carbonyl (C=O) groups is 1. The summed E-state index contributed by atoms with van der Waals surface area (Å²) in [6.45, 7) is 0. The van der Waals surface area contributed by atoms with Crippen molar-refractivity contribution in [2.24, 2.45) is 0 Å². The SMILES string of the molecule is O=C(O)c1cc(Sc2nc(C(F)(F)F)ns2)ccc1F. The second-order valence-electron chi connectivity index (χ2n) is 3.43. The smallest absolute Gasteiger partial charge is 0.452 e. The molecule has 0 bridgehead atoms. The van der Waals surface area contributed by atoms with Crippen LogP contribution in [-0.2, 0) is 6.18 Å². The van der Waals surface area contributed by atoms with Gasteiger partial charge in [-0.15, -0.1) is 0 Å². The van der Waals surface area contributed by atoms with Gasteiger partial charge < -0.3 is 5.11 Å². The summed E-state index contributed by atoms with van der Waals surface area (Å²) in [5.41, 5.74) is -0.560. The van der Waals surface area contributed by atoms with Crippen LogP contribution in [0.5, 0.6) is 0 Å². The third-order valence-corrected chi connectivity index (χ3v) is 3.78. The van der Waals surface area contributed by atoms with Gasteiger partial charge in [-0.2, -0.15) is 17.5 Å². The fraction of sp³-hybridized carbons (Fsp3) is 0.100. The number of aromatic nitrogens is 2. The van der Waals surface area contributed by atoms with Gasteiger partial charge in [-0.25, -0.2) is 14.2 Å². The Labute approximate surface area is 117 Å². The topological polar surface area (TPSA) is 63.1 Å². The molecular formula is C10H4F4N2O2S2. The average Bonchev–Trinajstić information content (AvgIpc) is 2.79. The maximum absolute atomic E-state index is 13.2. The highest BCUT2D eigenvalue weighted by atomic mass is 32.2. The van der Waals surface area contributed by atoms with E-state index in [1.54, 1.807) is 0 Å². The van der Waals surface area contributed by atoms with Crippen LogP contribution in [0, 0.1) is 5.82 Å². The van der Waals surface area contributed by atoms with Crippen molar-refractivity contribution in [1.29, 1.82) is 0 Å². The summed E-state index contributed by atoms with van der Waals surface area (Å²) in [6.07, 6.45) is -4.63. The van der Waals surface area contributed by atoms with Crippen molar-refractivity contribution >= 4 is 29.3 Å². The molecule has 4 nitrogen and oxygen atoms in total. The van der Waals surface area contributed by atoms with Gasteiger partial charge in [0, 0.05) is 4.90 Å². The minimum absolute atomic E-state index is 0.0136. The first kappa shape index (κ1) is 14.7. The molecule has 10 heteroatoms. The van der Waals surface area contributed by atoms with Gasteiger partial charge in [0.2, 0.25) is 5.82 Å². The summed E-state index contributed by atoms with van der Waals surface area (Å²) >= 11 is 1.31. The van der Waals surface area contributed by atoms with Crippen LogP contribution in [0.4, 0.5) is 17.6 Å². The molecule has 0 aliphatic rings. The fourth-order valence-electron chi connectivity index (χ4n) is 1.20. The van der Waals surface area contributed by atoms with E-state index in [9.17, 15) is 22.4 Å². The van der Waals surface area contributed by atoms with E-state index in [1.807, 2.05) is 0 Å². The van der Waals surface area contributed by atoms with Gasteiger partial charge in [0.05, 0.1) is 5.56 Å². The summed E-state index contributed by atoms with van der Waals surface area (Å²) in [4.78, 5) is 14.3. The lowest BCUT2D eigenvalue weighted by molar-refractivity contribution is -0.144. The van der Waals surface area contributed by atoms with Crippen LogP contribution in [0.2, 0.25) is 0 Å². The predicted octanol–water partition coefficient (Wildman–Crippen LogP) is 3.55. The van der Waals surface area contributed by atoms with Gasteiger partial charge in [0.1, 0.15) is 5.82 Å². The number of alkyl halides is 3. The minimum atomic E-state index is -4.63. The van der Waals surface area contributed by atoms with E-state index in [0.29, 0.717) is 11.5 Å². The van der Waals surface area contributed by atoms with Gasteiger partial charge in [0.15, 0.2) is 4.34 Å². The molecule has 1 aromatic heterocycles. The third-order valence-electron chi connectivity index (χ3n) is 2.03. The Morgan fingerprint density at radius 2 is 2.05 bits per heavy atom. The maximum Gasteiger partial charge on any atom is 0.452 e. The van der Waals surface area contributed by atoms with Crippen LogP contribution in [0.15, 0.2) is 27.4 Å². The number of benzene rings is 1. The van der Waals surface area contributed by atoms with E-state index < -0.39 is 29.4 Å². The fourth-order valence-corrected chi connectivity index (χ4v) is 2.83. The summed E-state index contributed by atoms with van der Waals surface area (Å²) in [7, 11) is 0. The molecule has 2 rings (SSSR count). The Balaban J connectivity index is 2.24. The molecule has 0 saturated heterocycles. The van der Waals surface area contributed by atoms with E-state index in [0.717, 1.165) is 23.9 Å². The monoisotopic (exact) mass is 324 g/mol. The van der Waals surface area contributed by atoms with Gasteiger partial charge in [-0.1, -0.05) is 11.8 Å². The zero-order chi connectivity index (χ0) is 14.9. The van der Waals surface area contributed by atoms with Gasteiger partial charge >= 0.3 is 12.1 Å². The maximum atomic E-state index is 13.2. The average molecular weight is 324 g/mol. The molecular weight excluding hydrogens is 320 g/mol. The molecule has 0 amide bonds. The molecule has 0 atom stereocenters. The predicted molar refractivity (Wildman–Crippen MR) is 62.4 cm³/mol. The number of aromatic carboxylic acids is 1. The van der Waals surface area contributed by atoms with Gasteiger partial charge in [0.25, 0.3) is 0 Å². The van der Waals surface area contributed by atoms with Crippen LogP contribution < -0.4 is 0 Å². The molecule has 1 aromatic carbocycles. The molecule has 1 N–H and O–H groups in total. The van der Waals surface area contributed by atoms with Crippen molar-refractivity contribution in [3.05, 3.63) is 35.4 Å². The molecule has 0 fully saturated rings. The van der Waals surface area contributed by atoms with Crippen LogP contribution in [0.1, 0.15) is 16.2 Å². The Morgan fingerprint density at radius 1 is 1.35 bits per heavy atom. The van der Waals surface area contributed by atoms with Crippen LogP contribution >= 0.6 is 23.3 Å². The Kier molecular flexibility index (Phi) is 3.95. The largest absolute Gasteiger partial charge is 0.478 e. The first-order valence-electron chi connectivity index (χ1n) is 4.89.